The van der Waals surface area contributed by atoms with Gasteiger partial charge in [-0.05, 0) is 40.0 Å². The van der Waals surface area contributed by atoms with Gasteiger partial charge in [-0.25, -0.2) is 0 Å². The van der Waals surface area contributed by atoms with Crippen LogP contribution in [0.15, 0.2) is 0 Å². The summed E-state index contributed by atoms with van der Waals surface area (Å²) in [5.41, 5.74) is -0.453. The molecule has 4 nitrogen and oxygen atoms in total. The molecule has 0 spiro atoms. The molecule has 0 fully saturated rings. The lowest BCUT2D eigenvalue weighted by atomic mass is 10.1. The van der Waals surface area contributed by atoms with E-state index in [0.717, 1.165) is 19.4 Å². The van der Waals surface area contributed by atoms with E-state index in [0.29, 0.717) is 19.4 Å². The van der Waals surface area contributed by atoms with Crippen LogP contribution in [0, 0.1) is 0 Å². The van der Waals surface area contributed by atoms with Gasteiger partial charge in [0.2, 0.25) is 0 Å². The van der Waals surface area contributed by atoms with Crippen LogP contribution in [0.1, 0.15) is 59.8 Å². The van der Waals surface area contributed by atoms with Crippen LogP contribution in [-0.2, 0) is 14.3 Å². The third-order valence-corrected chi connectivity index (χ3v) is 2.34. The highest BCUT2D eigenvalue weighted by Crippen LogP contribution is 2.11. The minimum absolute atomic E-state index is 0.256. The van der Waals surface area contributed by atoms with E-state index in [1.165, 1.54) is 0 Å². The fourth-order valence-corrected chi connectivity index (χ4v) is 1.39. The zero-order chi connectivity index (χ0) is 14.0. The second-order valence-electron chi connectivity index (χ2n) is 5.53. The lowest BCUT2D eigenvalue weighted by molar-refractivity contribution is -0.155. The van der Waals surface area contributed by atoms with Crippen LogP contribution in [0.25, 0.3) is 0 Å². The molecule has 0 saturated heterocycles. The second-order valence-corrected chi connectivity index (χ2v) is 5.53. The van der Waals surface area contributed by atoms with Crippen LogP contribution in [0.5, 0.6) is 0 Å². The highest BCUT2D eigenvalue weighted by molar-refractivity contribution is 5.69. The van der Waals surface area contributed by atoms with Crippen molar-refractivity contribution in [3.8, 4) is 0 Å². The smallest absolute Gasteiger partial charge is 0.306 e. The van der Waals surface area contributed by atoms with Crippen molar-refractivity contribution >= 4 is 5.97 Å². The monoisotopic (exact) mass is 260 g/mol. The molecule has 0 aliphatic heterocycles. The molecule has 0 bridgehead atoms. The Morgan fingerprint density at radius 1 is 1.22 bits per heavy atom. The van der Waals surface area contributed by atoms with Crippen LogP contribution in [0.3, 0.4) is 0 Å². The van der Waals surface area contributed by atoms with Gasteiger partial charge in [-0.1, -0.05) is 13.3 Å². The molecule has 0 amide bonds. The van der Waals surface area contributed by atoms with Gasteiger partial charge in [-0.2, -0.15) is 0 Å². The van der Waals surface area contributed by atoms with Gasteiger partial charge < -0.3 is 14.6 Å². The average Bonchev–Trinajstić information content (AvgIpc) is 2.24. The first-order valence-corrected chi connectivity index (χ1v) is 6.83. The zero-order valence-corrected chi connectivity index (χ0v) is 12.2. The molecular weight excluding hydrogens is 232 g/mol. The molecule has 0 aliphatic carbocycles. The minimum atomic E-state index is -0.487. The Balaban J connectivity index is 3.52. The molecule has 1 atom stereocenters. The predicted molar refractivity (Wildman–Crippen MR) is 71.4 cm³/mol. The number of hydrogen-bond acceptors (Lipinski definition) is 4. The molecule has 1 N–H and O–H groups in total. The van der Waals surface area contributed by atoms with E-state index in [-0.39, 0.29) is 12.4 Å². The second kappa shape index (κ2) is 9.34. The Hall–Kier alpha value is -0.610. The summed E-state index contributed by atoms with van der Waals surface area (Å²) < 4.78 is 10.5. The number of ether oxygens (including phenoxy) is 2. The SMILES string of the molecule is CCCCOCCC(O)CCC(=O)OC(C)(C)C. The van der Waals surface area contributed by atoms with Crippen LogP contribution >= 0.6 is 0 Å². The minimum Gasteiger partial charge on any atom is -0.460 e. The lowest BCUT2D eigenvalue weighted by Gasteiger charge is -2.20. The molecule has 108 valence electrons. The van der Waals surface area contributed by atoms with Crippen molar-refractivity contribution in [1.29, 1.82) is 0 Å². The van der Waals surface area contributed by atoms with Crippen molar-refractivity contribution in [3.05, 3.63) is 0 Å². The average molecular weight is 260 g/mol. The highest BCUT2D eigenvalue weighted by Gasteiger charge is 2.17. The van der Waals surface area contributed by atoms with E-state index in [4.69, 9.17) is 9.47 Å². The first-order valence-electron chi connectivity index (χ1n) is 6.83. The Bertz CT molecular complexity index is 220. The number of carbonyl (C=O) groups is 1. The molecule has 1 unspecified atom stereocenters. The number of aliphatic hydroxyl groups excluding tert-OH is 1. The van der Waals surface area contributed by atoms with E-state index < -0.39 is 11.7 Å². The quantitative estimate of drug-likeness (QED) is 0.511. The van der Waals surface area contributed by atoms with E-state index in [9.17, 15) is 9.90 Å². The molecule has 0 radical (unpaired) electrons. The Kier molecular flexibility index (Phi) is 9.02. The summed E-state index contributed by atoms with van der Waals surface area (Å²) >= 11 is 0. The van der Waals surface area contributed by atoms with Crippen molar-refractivity contribution in [3.63, 3.8) is 0 Å². The number of esters is 1. The normalized spacial score (nSPS) is 13.4. The lowest BCUT2D eigenvalue weighted by Crippen LogP contribution is -2.24. The molecule has 0 aliphatic rings. The van der Waals surface area contributed by atoms with Gasteiger partial charge >= 0.3 is 5.97 Å². The van der Waals surface area contributed by atoms with Gasteiger partial charge in [-0.3, -0.25) is 4.79 Å². The molecule has 0 rings (SSSR count). The Morgan fingerprint density at radius 3 is 2.44 bits per heavy atom. The molecule has 4 heteroatoms. The third-order valence-electron chi connectivity index (χ3n) is 2.34. The fraction of sp³-hybridized carbons (Fsp3) is 0.929. The van der Waals surface area contributed by atoms with Crippen LogP contribution < -0.4 is 0 Å². The van der Waals surface area contributed by atoms with E-state index in [2.05, 4.69) is 6.92 Å². The van der Waals surface area contributed by atoms with Crippen molar-refractivity contribution < 1.29 is 19.4 Å². The number of hydrogen-bond donors (Lipinski definition) is 1. The molecule has 18 heavy (non-hydrogen) atoms. The van der Waals surface area contributed by atoms with Gasteiger partial charge in [0, 0.05) is 19.6 Å². The van der Waals surface area contributed by atoms with Crippen molar-refractivity contribution in [2.75, 3.05) is 13.2 Å². The van der Waals surface area contributed by atoms with Gasteiger partial charge in [0.1, 0.15) is 5.60 Å². The predicted octanol–water partition coefficient (Wildman–Crippen LogP) is 2.68. The summed E-state index contributed by atoms with van der Waals surface area (Å²) in [6.07, 6.45) is 2.94. The van der Waals surface area contributed by atoms with Gasteiger partial charge in [-0.15, -0.1) is 0 Å². The first kappa shape index (κ1) is 17.4. The van der Waals surface area contributed by atoms with E-state index >= 15 is 0 Å². The topological polar surface area (TPSA) is 55.8 Å². The molecule has 0 aromatic rings. The van der Waals surface area contributed by atoms with Crippen LogP contribution in [0.4, 0.5) is 0 Å². The number of rotatable bonds is 9. The Labute approximate surface area is 111 Å². The van der Waals surface area contributed by atoms with E-state index in [1.807, 2.05) is 20.8 Å². The summed E-state index contributed by atoms with van der Waals surface area (Å²) in [6, 6.07) is 0. The number of unbranched alkanes of at least 4 members (excludes halogenated alkanes) is 1. The highest BCUT2D eigenvalue weighted by atomic mass is 16.6. The molecule has 0 aromatic heterocycles. The molecule has 0 saturated carbocycles. The molecule has 0 aromatic carbocycles. The van der Waals surface area contributed by atoms with Crippen molar-refractivity contribution in [2.24, 2.45) is 0 Å². The maximum Gasteiger partial charge on any atom is 0.306 e. The van der Waals surface area contributed by atoms with Gasteiger partial charge in [0.05, 0.1) is 6.10 Å². The standard InChI is InChI=1S/C14H28O4/c1-5-6-10-17-11-9-12(15)7-8-13(16)18-14(2,3)4/h12,15H,5-11H2,1-4H3. The largest absolute Gasteiger partial charge is 0.460 e. The van der Waals surface area contributed by atoms with Crippen molar-refractivity contribution in [2.45, 2.75) is 71.5 Å². The van der Waals surface area contributed by atoms with Crippen LogP contribution in [-0.4, -0.2) is 36.0 Å². The summed E-state index contributed by atoms with van der Waals surface area (Å²) in [4.78, 5) is 11.4. The van der Waals surface area contributed by atoms with Crippen LogP contribution in [0.2, 0.25) is 0 Å². The fourth-order valence-electron chi connectivity index (χ4n) is 1.39. The summed E-state index contributed by atoms with van der Waals surface area (Å²) in [7, 11) is 0. The Morgan fingerprint density at radius 2 is 1.89 bits per heavy atom. The summed E-state index contributed by atoms with van der Waals surface area (Å²) in [6.45, 7) is 8.92. The zero-order valence-electron chi connectivity index (χ0n) is 12.2. The maximum absolute atomic E-state index is 11.4. The third kappa shape index (κ3) is 11.9. The van der Waals surface area contributed by atoms with E-state index in [1.54, 1.807) is 0 Å². The van der Waals surface area contributed by atoms with Crippen molar-refractivity contribution in [1.82, 2.24) is 0 Å². The van der Waals surface area contributed by atoms with Gasteiger partial charge in [0.15, 0.2) is 0 Å². The molecule has 0 heterocycles. The maximum atomic E-state index is 11.4. The number of aliphatic hydroxyl groups is 1. The first-order chi connectivity index (χ1) is 8.35. The van der Waals surface area contributed by atoms with Gasteiger partial charge in [0.25, 0.3) is 0 Å². The summed E-state index contributed by atoms with van der Waals surface area (Å²) in [5, 5.41) is 9.67. The molecular formula is C14H28O4. The number of carbonyl (C=O) groups excluding carboxylic acids is 1. The summed E-state index contributed by atoms with van der Waals surface area (Å²) in [5.74, 6) is -0.256.